The Morgan fingerprint density at radius 3 is 1.12 bits per heavy atom. The molecule has 5 rings (SSSR count). The molecule has 2 heterocycles. The summed E-state index contributed by atoms with van der Waals surface area (Å²) in [6, 6.07) is 26.5. The Kier molecular flexibility index (Phi) is 114. The quantitative estimate of drug-likeness (QED) is 0.0120. The van der Waals surface area contributed by atoms with E-state index < -0.39 is 11.9 Å². The molecule has 3 aromatic carbocycles. The summed E-state index contributed by atoms with van der Waals surface area (Å²) in [5.41, 5.74) is 32.2. The molecule has 125 heavy (non-hydrogen) atoms. The van der Waals surface area contributed by atoms with Crippen molar-refractivity contribution in [3.8, 4) is 5.75 Å². The number of allylic oxidation sites excluding steroid dienone is 1. The Bertz CT molecular complexity index is 2920. The summed E-state index contributed by atoms with van der Waals surface area (Å²) in [7, 11) is 0. The van der Waals surface area contributed by atoms with E-state index in [2.05, 4.69) is 317 Å². The molecular formula is C109H214N8O7S. The molecule has 0 bridgehead atoms. The minimum atomic E-state index is -0.713. The summed E-state index contributed by atoms with van der Waals surface area (Å²) < 4.78 is 0. The number of benzene rings is 3. The third-order valence-corrected chi connectivity index (χ3v) is 17.9. The third kappa shape index (κ3) is 150. The van der Waals surface area contributed by atoms with E-state index in [-0.39, 0.29) is 30.1 Å². The highest BCUT2D eigenvalue weighted by Gasteiger charge is 2.07. The van der Waals surface area contributed by atoms with E-state index >= 15 is 0 Å². The number of carboxylic acids is 2. The predicted octanol–water partition coefficient (Wildman–Crippen LogP) is 30.6. The van der Waals surface area contributed by atoms with Crippen molar-refractivity contribution in [1.82, 2.24) is 4.98 Å². The van der Waals surface area contributed by atoms with Gasteiger partial charge in [-0.05, 0) is 236 Å². The maximum absolute atomic E-state index is 10.1. The lowest BCUT2D eigenvalue weighted by Gasteiger charge is -2.10. The fourth-order valence-electron chi connectivity index (χ4n) is 9.70. The number of nitrogens with one attached hydrogen (secondary N) is 1. The van der Waals surface area contributed by atoms with Crippen molar-refractivity contribution in [1.29, 1.82) is 0 Å². The number of H-pyrrole nitrogens is 1. The van der Waals surface area contributed by atoms with E-state index in [4.69, 9.17) is 44.0 Å². The van der Waals surface area contributed by atoms with Crippen LogP contribution in [0.3, 0.4) is 0 Å². The SMILES string of the molecule is CC(C)C.CC(C)C(C)C.CC(C)CC(=O)O.CC(C)CC(C)C.CC(C)CC(N)=O.CC(C)CC1=CCN=C1.CC(C)CCC(=O)O.CC(C)CCC(N)=O.CC(C)CCCCN.CC(C)CCCN=C(N)N.CC(C)Cc1c[nH]c2ccccc12.CC(C)Cc1ccc(O)cc1.CC(C)Cc1ccccc1.CCC.CCC(C)C(C)C.CSCCC(C)C. The van der Waals surface area contributed by atoms with Gasteiger partial charge in [0.25, 0.3) is 0 Å². The standard InChI is InChI=1S/C12H15N.C10H14O.C10H14.C8H13N.C7H17N3.C7H17N.2C7H16.C6H13NO.C6H12O2.C6H14S.C6H14.C5H11NO.C5H10O2.C4H10.C3H8/c1-9(2)7-10-8-13-12-6-4-3-5-11(10)12;1-8(2)7-9-3-5-10(11)6-4-9;1-9(2)8-10-6-4-3-5-7-10;1-7(2)5-8-3-4-9-6-8;1-6(2)4-3-5-10-7(8)9;1-7(2)5-3-4-6-8;1-6(2)5-7(3)4;1-5-7(4)6(2)3;2*1-5(2)3-4-6(7)8;1-6(2)4-5-7-3;1-5(2)6(3)4;2*1-4(2)3-5(6)7;1-4(2)3;1-3-2/h3-6,8-9,13H,7H2,1-2H3;3-6,8,11H,7H2,1-2H3;3-7,9H,8H2,1-2H3;3,6-7H,4-5H2,1-2H3;6H,3-5H2,1-2H3,(H4,8,9,10);7H,3-6,8H2,1-2H3;2*6-7H,5H2,1-4H3;5H,3-4H2,1-2H3,(H2,7,8);5H,3-4H2,1-2H3,(H,7,8);6H,4-5H2,1-3H3;5-6H,1-4H3;4H,3H2,1-2H3,(H2,6,7);4H,3H2,1-2H3,(H,6,7);4H,1-3H3;3H2,1-2H3. The number of guanidine groups is 1. The highest BCUT2D eigenvalue weighted by molar-refractivity contribution is 7.98. The second-order valence-electron chi connectivity index (χ2n) is 40.2. The molecule has 1 aliphatic rings. The number of aromatic hydroxyl groups is 1. The van der Waals surface area contributed by atoms with Crippen LogP contribution < -0.4 is 28.7 Å². The number of phenolic OH excluding ortho intramolecular Hbond substituents is 1. The van der Waals surface area contributed by atoms with Crippen LogP contribution in [0.1, 0.15) is 389 Å². The first-order chi connectivity index (χ1) is 57.8. The van der Waals surface area contributed by atoms with Crippen LogP contribution in [0.4, 0.5) is 0 Å². The first-order valence-corrected chi connectivity index (χ1v) is 50.0. The minimum Gasteiger partial charge on any atom is -0.508 e. The molecular weight excluding hydrogens is 1570 g/mol. The second kappa shape index (κ2) is 100. The number of primary amides is 2. The summed E-state index contributed by atoms with van der Waals surface area (Å²) in [4.78, 5) is 51.1. The number of aromatic amines is 1. The van der Waals surface area contributed by atoms with E-state index in [1.807, 2.05) is 71.7 Å². The summed E-state index contributed by atoms with van der Waals surface area (Å²) >= 11 is 1.93. The molecule has 0 fully saturated rings. The van der Waals surface area contributed by atoms with Crippen molar-refractivity contribution in [2.75, 3.05) is 31.6 Å². The molecule has 0 spiro atoms. The van der Waals surface area contributed by atoms with E-state index in [9.17, 15) is 19.2 Å². The maximum atomic E-state index is 10.1. The van der Waals surface area contributed by atoms with Gasteiger partial charge in [-0.15, -0.1) is 0 Å². The van der Waals surface area contributed by atoms with Gasteiger partial charge >= 0.3 is 11.9 Å². The van der Waals surface area contributed by atoms with E-state index in [0.717, 1.165) is 129 Å². The van der Waals surface area contributed by atoms with Gasteiger partial charge in [0.2, 0.25) is 11.8 Å². The van der Waals surface area contributed by atoms with Crippen LogP contribution in [-0.2, 0) is 38.4 Å². The van der Waals surface area contributed by atoms with Crippen LogP contribution in [0.25, 0.3) is 10.9 Å². The number of aliphatic imine (C=N–C) groups is 2. The van der Waals surface area contributed by atoms with Gasteiger partial charge in [0.15, 0.2) is 5.96 Å². The molecule has 0 saturated heterocycles. The van der Waals surface area contributed by atoms with Crippen molar-refractivity contribution in [2.45, 2.75) is 392 Å². The number of unbranched alkanes of at least 4 members (excludes halogenated alkanes) is 1. The molecule has 1 atom stereocenters. The molecule has 1 aliphatic heterocycles. The number of phenols is 1. The van der Waals surface area contributed by atoms with Gasteiger partial charge in [-0.1, -0.05) is 362 Å². The Morgan fingerprint density at radius 2 is 0.856 bits per heavy atom. The topological polar surface area (TPSA) is 300 Å². The van der Waals surface area contributed by atoms with Gasteiger partial charge in [0, 0.05) is 55.5 Å². The van der Waals surface area contributed by atoms with Gasteiger partial charge in [-0.25, -0.2) is 0 Å². The van der Waals surface area contributed by atoms with Crippen LogP contribution in [0.15, 0.2) is 107 Å². The van der Waals surface area contributed by atoms with E-state index in [1.165, 1.54) is 103 Å². The number of nitrogens with two attached hydrogens (primary N) is 5. The maximum Gasteiger partial charge on any atom is 0.303 e. The molecule has 15 nitrogen and oxygen atoms in total. The number of aromatic nitrogens is 1. The lowest BCUT2D eigenvalue weighted by Crippen LogP contribution is -2.22. The van der Waals surface area contributed by atoms with Crippen molar-refractivity contribution >= 4 is 58.6 Å². The number of hydrogen-bond acceptors (Lipinski definition) is 9. The normalized spacial score (nSPS) is 10.9. The highest BCUT2D eigenvalue weighted by Crippen LogP contribution is 2.21. The number of aliphatic carboxylic acids is 2. The number of carbonyl (C=O) groups is 4. The minimum absolute atomic E-state index is 0.196. The highest BCUT2D eigenvalue weighted by atomic mass is 32.2. The Balaban J connectivity index is -0.000000124. The average molecular weight is 1780 g/mol. The van der Waals surface area contributed by atoms with E-state index in [1.54, 1.807) is 12.1 Å². The molecule has 14 N–H and O–H groups in total. The van der Waals surface area contributed by atoms with Gasteiger partial charge < -0.3 is 49.0 Å². The van der Waals surface area contributed by atoms with Gasteiger partial charge in [-0.2, -0.15) is 11.8 Å². The fraction of sp³-hybridized carbons (Fsp3) is 0.743. The number of rotatable bonds is 34. The zero-order valence-electron chi connectivity index (χ0n) is 89.6. The van der Waals surface area contributed by atoms with Crippen molar-refractivity contribution in [2.24, 2.45) is 145 Å². The zero-order chi connectivity index (χ0) is 99.7. The largest absolute Gasteiger partial charge is 0.508 e. The van der Waals surface area contributed by atoms with Crippen LogP contribution in [0, 0.1) is 107 Å². The Hall–Kier alpha value is -6.13. The molecule has 0 radical (unpaired) electrons. The molecule has 16 heteroatoms. The molecule has 2 amide bonds. The Labute approximate surface area is 781 Å². The number of amides is 2. The average Bonchev–Trinajstić information content (AvgIpc) is 1.70. The summed E-state index contributed by atoms with van der Waals surface area (Å²) in [5.74, 6) is 13.3. The van der Waals surface area contributed by atoms with Crippen molar-refractivity contribution in [3.05, 3.63) is 113 Å². The molecule has 4 aromatic rings. The molecule has 1 aromatic heterocycles. The number of nitrogens with zero attached hydrogens (tertiary/aromatic N) is 2. The third-order valence-electron chi connectivity index (χ3n) is 17.3. The van der Waals surface area contributed by atoms with Gasteiger partial charge in [-0.3, -0.25) is 29.2 Å². The summed E-state index contributed by atoms with van der Waals surface area (Å²) in [5, 5.41) is 26.6. The lowest BCUT2D eigenvalue weighted by molar-refractivity contribution is -0.138. The predicted molar refractivity (Wildman–Crippen MR) is 565 cm³/mol. The number of thioether (sulfide) groups is 1. The summed E-state index contributed by atoms with van der Waals surface area (Å²) in [6.45, 7) is 87.5. The molecule has 738 valence electrons. The van der Waals surface area contributed by atoms with Crippen LogP contribution in [-0.4, -0.2) is 87.9 Å². The summed E-state index contributed by atoms with van der Waals surface area (Å²) in [6.07, 6.45) is 27.8. The van der Waals surface area contributed by atoms with Crippen LogP contribution >= 0.6 is 11.8 Å². The lowest BCUT2D eigenvalue weighted by atomic mass is 9.96. The van der Waals surface area contributed by atoms with E-state index in [0.29, 0.717) is 48.7 Å². The fourth-order valence-corrected chi connectivity index (χ4v) is 10.4. The number of fused-ring (bicyclic) bond motifs is 1. The first kappa shape index (κ1) is 142. The van der Waals surface area contributed by atoms with Gasteiger partial charge in [0.1, 0.15) is 5.75 Å². The number of carboxylic acid groups (broad SMARTS) is 2. The van der Waals surface area contributed by atoms with Gasteiger partial charge in [0.05, 0.1) is 6.54 Å². The van der Waals surface area contributed by atoms with Crippen LogP contribution in [0.2, 0.25) is 0 Å². The number of hydrogen-bond donors (Lipinski definition) is 9. The molecule has 1 unspecified atom stereocenters. The molecule has 0 saturated carbocycles. The monoisotopic (exact) mass is 1780 g/mol. The number of para-hydroxylation sites is 1. The smallest absolute Gasteiger partial charge is 0.303 e. The first-order valence-electron chi connectivity index (χ1n) is 48.6. The van der Waals surface area contributed by atoms with Crippen molar-refractivity contribution < 1.29 is 34.5 Å². The second-order valence-corrected chi connectivity index (χ2v) is 41.2. The van der Waals surface area contributed by atoms with Crippen LogP contribution in [0.5, 0.6) is 5.75 Å². The molecule has 0 aliphatic carbocycles. The van der Waals surface area contributed by atoms with Crippen molar-refractivity contribution in [3.63, 3.8) is 0 Å². The Morgan fingerprint density at radius 1 is 0.448 bits per heavy atom. The zero-order valence-corrected chi connectivity index (χ0v) is 90.4. The number of carbonyl (C=O) groups excluding carboxylic acids is 2.